The predicted molar refractivity (Wildman–Crippen MR) is 85.6 cm³/mol. The molecule has 5 heteroatoms. The lowest BCUT2D eigenvalue weighted by molar-refractivity contribution is 0.102. The molecule has 106 valence electrons. The number of hydrogen-bond donors (Lipinski definition) is 1. The van der Waals surface area contributed by atoms with Crippen LogP contribution in [0.1, 0.15) is 21.8 Å². The van der Waals surface area contributed by atoms with E-state index in [4.69, 9.17) is 4.42 Å². The van der Waals surface area contributed by atoms with Crippen molar-refractivity contribution in [3.63, 3.8) is 0 Å². The summed E-state index contributed by atoms with van der Waals surface area (Å²) in [5.41, 5.74) is 3.82. The zero-order chi connectivity index (χ0) is 15.0. The van der Waals surface area contributed by atoms with E-state index < -0.39 is 0 Å². The highest BCUT2D eigenvalue weighted by molar-refractivity contribution is 9.10. The molecule has 0 fully saturated rings. The Hall–Kier alpha value is -2.14. The molecule has 1 heterocycles. The van der Waals surface area contributed by atoms with Gasteiger partial charge in [0.05, 0.1) is 5.56 Å². The van der Waals surface area contributed by atoms with E-state index in [-0.39, 0.29) is 5.91 Å². The molecule has 0 aliphatic rings. The van der Waals surface area contributed by atoms with Gasteiger partial charge >= 0.3 is 0 Å². The van der Waals surface area contributed by atoms with Crippen LogP contribution < -0.4 is 5.32 Å². The fourth-order valence-corrected chi connectivity index (χ4v) is 2.80. The summed E-state index contributed by atoms with van der Waals surface area (Å²) < 4.78 is 6.19. The predicted octanol–water partition coefficient (Wildman–Crippen LogP) is 4.46. The first kappa shape index (κ1) is 13.8. The normalized spacial score (nSPS) is 10.8. The fraction of sp³-hybridized carbons (Fsp3) is 0.125. The molecule has 0 atom stereocenters. The van der Waals surface area contributed by atoms with Crippen molar-refractivity contribution in [1.82, 2.24) is 4.98 Å². The van der Waals surface area contributed by atoms with E-state index in [0.717, 1.165) is 15.6 Å². The number of oxazole rings is 1. The highest BCUT2D eigenvalue weighted by Crippen LogP contribution is 2.22. The second-order valence-electron chi connectivity index (χ2n) is 4.85. The Morgan fingerprint density at radius 3 is 2.76 bits per heavy atom. The number of carbonyl (C=O) groups is 1. The van der Waals surface area contributed by atoms with Crippen LogP contribution in [-0.2, 0) is 0 Å². The Labute approximate surface area is 130 Å². The van der Waals surface area contributed by atoms with Gasteiger partial charge in [-0.15, -0.1) is 0 Å². The number of nitrogens with zero attached hydrogens (tertiary/aromatic N) is 1. The number of amides is 1. The number of nitrogens with one attached hydrogen (secondary N) is 1. The average Bonchev–Trinajstić information content (AvgIpc) is 2.77. The first-order chi connectivity index (χ1) is 10.0. The molecule has 0 spiro atoms. The zero-order valence-corrected chi connectivity index (χ0v) is 13.2. The molecule has 0 radical (unpaired) electrons. The van der Waals surface area contributed by atoms with Gasteiger partial charge in [-0.2, -0.15) is 0 Å². The van der Waals surface area contributed by atoms with Gasteiger partial charge in [-0.25, -0.2) is 4.98 Å². The minimum atomic E-state index is -0.165. The van der Waals surface area contributed by atoms with Crippen LogP contribution in [0.15, 0.2) is 45.3 Å². The number of halogens is 1. The molecule has 0 aliphatic heterocycles. The quantitative estimate of drug-likeness (QED) is 0.746. The van der Waals surface area contributed by atoms with Crippen LogP contribution in [0.4, 0.5) is 5.69 Å². The molecule has 21 heavy (non-hydrogen) atoms. The molecular weight excluding hydrogens is 332 g/mol. The van der Waals surface area contributed by atoms with E-state index >= 15 is 0 Å². The van der Waals surface area contributed by atoms with E-state index in [1.54, 1.807) is 31.2 Å². The van der Waals surface area contributed by atoms with Gasteiger partial charge in [0.25, 0.3) is 5.91 Å². The van der Waals surface area contributed by atoms with Crippen LogP contribution >= 0.6 is 15.9 Å². The lowest BCUT2D eigenvalue weighted by atomic mass is 10.1. The Bertz CT molecular complexity index is 839. The number of anilines is 1. The monoisotopic (exact) mass is 344 g/mol. The van der Waals surface area contributed by atoms with Gasteiger partial charge in [-0.05, 0) is 58.7 Å². The molecule has 0 saturated heterocycles. The van der Waals surface area contributed by atoms with Crippen molar-refractivity contribution in [2.45, 2.75) is 13.8 Å². The van der Waals surface area contributed by atoms with Gasteiger partial charge in [-0.1, -0.05) is 6.07 Å². The first-order valence-corrected chi connectivity index (χ1v) is 7.27. The SMILES string of the molecule is Cc1ccc(C(=O)Nc2ccc3oc(C)nc3c2)c(Br)c1. The molecule has 3 aromatic rings. The van der Waals surface area contributed by atoms with Crippen LogP contribution in [0.25, 0.3) is 11.1 Å². The van der Waals surface area contributed by atoms with E-state index in [1.807, 2.05) is 19.1 Å². The molecule has 0 aliphatic carbocycles. The minimum absolute atomic E-state index is 0.165. The second kappa shape index (κ2) is 5.33. The summed E-state index contributed by atoms with van der Waals surface area (Å²) in [6, 6.07) is 11.0. The van der Waals surface area contributed by atoms with Crippen molar-refractivity contribution < 1.29 is 9.21 Å². The molecule has 0 saturated carbocycles. The van der Waals surface area contributed by atoms with Gasteiger partial charge in [0.15, 0.2) is 11.5 Å². The summed E-state index contributed by atoms with van der Waals surface area (Å²) in [7, 11) is 0. The van der Waals surface area contributed by atoms with Crippen LogP contribution in [0, 0.1) is 13.8 Å². The highest BCUT2D eigenvalue weighted by Gasteiger charge is 2.11. The molecule has 2 aromatic carbocycles. The van der Waals surface area contributed by atoms with Gasteiger partial charge in [0.2, 0.25) is 0 Å². The molecule has 1 aromatic heterocycles. The van der Waals surface area contributed by atoms with Crippen LogP contribution in [0.5, 0.6) is 0 Å². The maximum absolute atomic E-state index is 12.3. The largest absolute Gasteiger partial charge is 0.441 e. The highest BCUT2D eigenvalue weighted by atomic mass is 79.9. The Kier molecular flexibility index (Phi) is 3.51. The Morgan fingerprint density at radius 2 is 2.00 bits per heavy atom. The molecule has 1 amide bonds. The van der Waals surface area contributed by atoms with Crippen LogP contribution in [0.2, 0.25) is 0 Å². The van der Waals surface area contributed by atoms with Crippen molar-refractivity contribution in [3.8, 4) is 0 Å². The number of aromatic nitrogens is 1. The summed E-state index contributed by atoms with van der Waals surface area (Å²) in [5.74, 6) is 0.441. The number of carbonyl (C=O) groups excluding carboxylic acids is 1. The number of rotatable bonds is 2. The zero-order valence-electron chi connectivity index (χ0n) is 11.6. The van der Waals surface area contributed by atoms with E-state index in [9.17, 15) is 4.79 Å². The second-order valence-corrected chi connectivity index (χ2v) is 5.71. The van der Waals surface area contributed by atoms with Crippen molar-refractivity contribution in [3.05, 3.63) is 57.9 Å². The van der Waals surface area contributed by atoms with E-state index in [0.29, 0.717) is 22.7 Å². The third-order valence-electron chi connectivity index (χ3n) is 3.12. The van der Waals surface area contributed by atoms with Crippen molar-refractivity contribution >= 4 is 38.6 Å². The van der Waals surface area contributed by atoms with Gasteiger partial charge in [-0.3, -0.25) is 4.79 Å². The number of benzene rings is 2. The van der Waals surface area contributed by atoms with Crippen LogP contribution in [0.3, 0.4) is 0 Å². The van der Waals surface area contributed by atoms with Gasteiger partial charge in [0, 0.05) is 17.1 Å². The molecule has 0 unspecified atom stereocenters. The van der Waals surface area contributed by atoms with E-state index in [1.165, 1.54) is 0 Å². The topological polar surface area (TPSA) is 55.1 Å². The molecule has 1 N–H and O–H groups in total. The minimum Gasteiger partial charge on any atom is -0.441 e. The average molecular weight is 345 g/mol. The summed E-state index contributed by atoms with van der Waals surface area (Å²) in [6.45, 7) is 3.77. The summed E-state index contributed by atoms with van der Waals surface area (Å²) in [5, 5.41) is 2.87. The maximum atomic E-state index is 12.3. The number of aryl methyl sites for hydroxylation is 2. The molecular formula is C16H13BrN2O2. The van der Waals surface area contributed by atoms with Crippen molar-refractivity contribution in [2.24, 2.45) is 0 Å². The fourth-order valence-electron chi connectivity index (χ4n) is 2.12. The lowest BCUT2D eigenvalue weighted by Crippen LogP contribution is -2.12. The standard InChI is InChI=1S/C16H13BrN2O2/c1-9-3-5-12(13(17)7-9)16(20)19-11-4-6-15-14(8-11)18-10(2)21-15/h3-8H,1-2H3,(H,19,20). The smallest absolute Gasteiger partial charge is 0.256 e. The van der Waals surface area contributed by atoms with E-state index in [2.05, 4.69) is 26.2 Å². The molecule has 0 bridgehead atoms. The molecule has 4 nitrogen and oxygen atoms in total. The number of hydrogen-bond acceptors (Lipinski definition) is 3. The van der Waals surface area contributed by atoms with Crippen molar-refractivity contribution in [1.29, 1.82) is 0 Å². The number of fused-ring (bicyclic) bond motifs is 1. The van der Waals surface area contributed by atoms with Crippen LogP contribution in [-0.4, -0.2) is 10.9 Å². The van der Waals surface area contributed by atoms with Crippen molar-refractivity contribution in [2.75, 3.05) is 5.32 Å². The third kappa shape index (κ3) is 2.83. The van der Waals surface area contributed by atoms with Gasteiger partial charge < -0.3 is 9.73 Å². The first-order valence-electron chi connectivity index (χ1n) is 6.47. The summed E-state index contributed by atoms with van der Waals surface area (Å²) in [4.78, 5) is 16.6. The molecule has 3 rings (SSSR count). The summed E-state index contributed by atoms with van der Waals surface area (Å²) in [6.07, 6.45) is 0. The Morgan fingerprint density at radius 1 is 1.19 bits per heavy atom. The lowest BCUT2D eigenvalue weighted by Gasteiger charge is -2.07. The third-order valence-corrected chi connectivity index (χ3v) is 3.78. The Balaban J connectivity index is 1.88. The summed E-state index contributed by atoms with van der Waals surface area (Å²) >= 11 is 3.42. The van der Waals surface area contributed by atoms with Gasteiger partial charge in [0.1, 0.15) is 5.52 Å². The maximum Gasteiger partial charge on any atom is 0.256 e.